The molecule has 0 fully saturated rings. The van der Waals surface area contributed by atoms with Crippen LogP contribution in [-0.2, 0) is 10.0 Å². The molecule has 0 saturated carbocycles. The second kappa shape index (κ2) is 10.7. The summed E-state index contributed by atoms with van der Waals surface area (Å²) in [5, 5.41) is 2.98. The average molecular weight is 487 g/mol. The maximum Gasteiger partial charge on any atom is 0.261 e. The van der Waals surface area contributed by atoms with Crippen LogP contribution in [0.5, 0.6) is 5.75 Å². The van der Waals surface area contributed by atoms with Gasteiger partial charge in [-0.3, -0.25) is 9.52 Å². The number of hydrogen-bond donors (Lipinski definition) is 2. The fraction of sp³-hybridized carbons (Fsp3) is 0.240. The number of hydrogen-bond acceptors (Lipinski definition) is 4. The number of amides is 1. The SMILES string of the molecule is Cc1ccc(S(=O)(=O)Nc2ccc(Cl)c(C(=O)NCCOc3ccccc3C(C)C)c2)cc1. The van der Waals surface area contributed by atoms with Crippen LogP contribution < -0.4 is 14.8 Å². The smallest absolute Gasteiger partial charge is 0.261 e. The summed E-state index contributed by atoms with van der Waals surface area (Å²) in [6, 6.07) is 18.7. The lowest BCUT2D eigenvalue weighted by molar-refractivity contribution is 0.0947. The first kappa shape index (κ1) is 24.6. The van der Waals surface area contributed by atoms with Gasteiger partial charge in [0.05, 0.1) is 22.0 Å². The highest BCUT2D eigenvalue weighted by molar-refractivity contribution is 7.92. The standard InChI is InChI=1S/C25H27ClN2O4S/c1-17(2)21-6-4-5-7-24(21)32-15-14-27-25(29)22-16-19(10-13-23(22)26)28-33(30,31)20-11-8-18(3)9-12-20/h4-13,16-17,28H,14-15H2,1-3H3,(H,27,29). The number of rotatable bonds is 9. The minimum atomic E-state index is -3.79. The summed E-state index contributed by atoms with van der Waals surface area (Å²) in [5.74, 6) is 0.686. The quantitative estimate of drug-likeness (QED) is 0.397. The fourth-order valence-corrected chi connectivity index (χ4v) is 4.46. The van der Waals surface area contributed by atoms with Gasteiger partial charge >= 0.3 is 0 Å². The summed E-state index contributed by atoms with van der Waals surface area (Å²) in [6.45, 7) is 6.60. The second-order valence-electron chi connectivity index (χ2n) is 7.91. The van der Waals surface area contributed by atoms with Crippen molar-refractivity contribution in [3.05, 3.63) is 88.4 Å². The van der Waals surface area contributed by atoms with E-state index in [1.54, 1.807) is 12.1 Å². The van der Waals surface area contributed by atoms with Crippen LogP contribution in [0, 0.1) is 6.92 Å². The number of carbonyl (C=O) groups is 1. The molecule has 1 amide bonds. The van der Waals surface area contributed by atoms with Crippen LogP contribution in [0.1, 0.15) is 41.3 Å². The monoisotopic (exact) mass is 486 g/mol. The number of halogens is 1. The number of benzene rings is 3. The minimum absolute atomic E-state index is 0.132. The molecule has 0 spiro atoms. The molecule has 0 radical (unpaired) electrons. The molecule has 8 heteroatoms. The first-order valence-electron chi connectivity index (χ1n) is 10.6. The number of carbonyl (C=O) groups excluding carboxylic acids is 1. The van der Waals surface area contributed by atoms with Crippen molar-refractivity contribution in [1.29, 1.82) is 0 Å². The van der Waals surface area contributed by atoms with Gasteiger partial charge in [-0.25, -0.2) is 8.42 Å². The lowest BCUT2D eigenvalue weighted by Crippen LogP contribution is -2.28. The van der Waals surface area contributed by atoms with Gasteiger partial charge < -0.3 is 10.1 Å². The molecule has 0 aliphatic rings. The largest absolute Gasteiger partial charge is 0.491 e. The van der Waals surface area contributed by atoms with Gasteiger partial charge in [0, 0.05) is 5.69 Å². The zero-order valence-corrected chi connectivity index (χ0v) is 20.3. The van der Waals surface area contributed by atoms with Crippen LogP contribution >= 0.6 is 11.6 Å². The van der Waals surface area contributed by atoms with Crippen LogP contribution in [-0.4, -0.2) is 27.5 Å². The summed E-state index contributed by atoms with van der Waals surface area (Å²) in [7, 11) is -3.79. The highest BCUT2D eigenvalue weighted by atomic mass is 35.5. The van der Waals surface area contributed by atoms with Crippen molar-refractivity contribution in [2.24, 2.45) is 0 Å². The second-order valence-corrected chi connectivity index (χ2v) is 10.00. The van der Waals surface area contributed by atoms with Crippen LogP contribution in [0.15, 0.2) is 71.6 Å². The first-order chi connectivity index (χ1) is 15.7. The number of anilines is 1. The fourth-order valence-electron chi connectivity index (χ4n) is 3.20. The average Bonchev–Trinajstić information content (AvgIpc) is 2.78. The topological polar surface area (TPSA) is 84.5 Å². The van der Waals surface area contributed by atoms with E-state index in [0.29, 0.717) is 5.92 Å². The van der Waals surface area contributed by atoms with E-state index < -0.39 is 15.9 Å². The summed E-state index contributed by atoms with van der Waals surface area (Å²) in [6.07, 6.45) is 0. The van der Waals surface area contributed by atoms with E-state index in [2.05, 4.69) is 23.9 Å². The first-order valence-corrected chi connectivity index (χ1v) is 12.4. The van der Waals surface area contributed by atoms with Gasteiger partial charge in [0.2, 0.25) is 0 Å². The predicted molar refractivity (Wildman–Crippen MR) is 132 cm³/mol. The molecule has 3 rings (SSSR count). The Morgan fingerprint density at radius 1 is 1.03 bits per heavy atom. The zero-order chi connectivity index (χ0) is 24.0. The van der Waals surface area contributed by atoms with Gasteiger partial charge in [-0.05, 0) is 54.8 Å². The molecule has 0 heterocycles. The van der Waals surface area contributed by atoms with Crippen LogP contribution in [0.2, 0.25) is 5.02 Å². The molecule has 2 N–H and O–H groups in total. The van der Waals surface area contributed by atoms with Crippen LogP contribution in [0.25, 0.3) is 0 Å². The van der Waals surface area contributed by atoms with Crippen molar-refractivity contribution in [1.82, 2.24) is 5.32 Å². The van der Waals surface area contributed by atoms with Crippen molar-refractivity contribution in [3.8, 4) is 5.75 Å². The summed E-state index contributed by atoms with van der Waals surface area (Å²) < 4.78 is 33.6. The van der Waals surface area contributed by atoms with Gasteiger partial charge in [-0.1, -0.05) is 61.3 Å². The van der Waals surface area contributed by atoms with E-state index in [1.165, 1.54) is 30.3 Å². The van der Waals surface area contributed by atoms with Gasteiger partial charge in [-0.2, -0.15) is 0 Å². The molecule has 0 aromatic heterocycles. The summed E-state index contributed by atoms with van der Waals surface area (Å²) in [5.41, 5.74) is 2.46. The lowest BCUT2D eigenvalue weighted by atomic mass is 10.0. The molecule has 0 bridgehead atoms. The van der Waals surface area contributed by atoms with Crippen molar-refractivity contribution < 1.29 is 17.9 Å². The van der Waals surface area contributed by atoms with Gasteiger partial charge in [0.1, 0.15) is 12.4 Å². The molecule has 6 nitrogen and oxygen atoms in total. The number of ether oxygens (including phenoxy) is 1. The molecule has 0 atom stereocenters. The Bertz CT molecular complexity index is 1230. The Kier molecular flexibility index (Phi) is 8.00. The third-order valence-electron chi connectivity index (χ3n) is 4.98. The van der Waals surface area contributed by atoms with Crippen molar-refractivity contribution in [2.75, 3.05) is 17.9 Å². The number of para-hydroxylation sites is 1. The van der Waals surface area contributed by atoms with E-state index in [1.807, 2.05) is 31.2 Å². The molecular weight excluding hydrogens is 460 g/mol. The van der Waals surface area contributed by atoms with Crippen LogP contribution in [0.4, 0.5) is 5.69 Å². The van der Waals surface area contributed by atoms with Crippen LogP contribution in [0.3, 0.4) is 0 Å². The Labute approximate surface area is 200 Å². The maximum absolute atomic E-state index is 12.6. The Morgan fingerprint density at radius 2 is 1.73 bits per heavy atom. The zero-order valence-electron chi connectivity index (χ0n) is 18.8. The normalized spacial score (nSPS) is 11.3. The molecular formula is C25H27ClN2O4S. The number of aryl methyl sites for hydroxylation is 1. The van der Waals surface area contributed by atoms with E-state index in [0.717, 1.165) is 16.9 Å². The maximum atomic E-state index is 12.6. The third kappa shape index (κ3) is 6.49. The molecule has 0 saturated heterocycles. The van der Waals surface area contributed by atoms with Gasteiger partial charge in [-0.15, -0.1) is 0 Å². The third-order valence-corrected chi connectivity index (χ3v) is 6.71. The highest BCUT2D eigenvalue weighted by Crippen LogP contribution is 2.26. The van der Waals surface area contributed by atoms with E-state index in [-0.39, 0.29) is 34.3 Å². The summed E-state index contributed by atoms with van der Waals surface area (Å²) >= 11 is 6.19. The predicted octanol–water partition coefficient (Wildman–Crippen LogP) is 5.38. The molecule has 174 valence electrons. The molecule has 0 unspecified atom stereocenters. The van der Waals surface area contributed by atoms with Gasteiger partial charge in [0.25, 0.3) is 15.9 Å². The Morgan fingerprint density at radius 3 is 2.42 bits per heavy atom. The highest BCUT2D eigenvalue weighted by Gasteiger charge is 2.17. The lowest BCUT2D eigenvalue weighted by Gasteiger charge is -2.14. The Balaban J connectivity index is 1.63. The number of sulfonamides is 1. The van der Waals surface area contributed by atoms with E-state index in [9.17, 15) is 13.2 Å². The van der Waals surface area contributed by atoms with Crippen molar-refractivity contribution in [2.45, 2.75) is 31.6 Å². The number of nitrogens with one attached hydrogen (secondary N) is 2. The minimum Gasteiger partial charge on any atom is -0.491 e. The molecule has 0 aliphatic heterocycles. The Hall–Kier alpha value is -3.03. The van der Waals surface area contributed by atoms with E-state index in [4.69, 9.17) is 16.3 Å². The van der Waals surface area contributed by atoms with E-state index >= 15 is 0 Å². The molecule has 33 heavy (non-hydrogen) atoms. The van der Waals surface area contributed by atoms with Gasteiger partial charge in [0.15, 0.2) is 0 Å². The molecule has 0 aliphatic carbocycles. The summed E-state index contributed by atoms with van der Waals surface area (Å²) in [4.78, 5) is 12.8. The van der Waals surface area contributed by atoms with Crippen molar-refractivity contribution >= 4 is 33.2 Å². The molecule has 3 aromatic carbocycles. The van der Waals surface area contributed by atoms with Crippen molar-refractivity contribution in [3.63, 3.8) is 0 Å². The molecule has 3 aromatic rings.